The zero-order valence-corrected chi connectivity index (χ0v) is 20.4. The fourth-order valence-electron chi connectivity index (χ4n) is 4.51. The predicted molar refractivity (Wildman–Crippen MR) is 137 cm³/mol. The molecule has 4 rings (SSSR count). The van der Waals surface area contributed by atoms with Crippen LogP contribution in [0.15, 0.2) is 91.0 Å². The van der Waals surface area contributed by atoms with Gasteiger partial charge in [-0.15, -0.1) is 0 Å². The molecule has 1 aliphatic rings. The van der Waals surface area contributed by atoms with E-state index in [1.807, 2.05) is 0 Å². The second kappa shape index (κ2) is 10.3. The normalized spacial score (nSPS) is 17.9. The van der Waals surface area contributed by atoms with Crippen LogP contribution in [-0.4, -0.2) is 29.8 Å². The van der Waals surface area contributed by atoms with Gasteiger partial charge in [0.15, 0.2) is 0 Å². The van der Waals surface area contributed by atoms with Gasteiger partial charge in [-0.25, -0.2) is 0 Å². The highest BCUT2D eigenvalue weighted by Crippen LogP contribution is 2.40. The first kappa shape index (κ1) is 23.8. The van der Waals surface area contributed by atoms with Crippen LogP contribution in [0.25, 0.3) is 0 Å². The van der Waals surface area contributed by atoms with Gasteiger partial charge in [-0.3, -0.25) is 4.90 Å². The summed E-state index contributed by atoms with van der Waals surface area (Å²) in [4.78, 5) is 2.55. The Labute approximate surface area is 199 Å². The summed E-state index contributed by atoms with van der Waals surface area (Å²) in [5.74, 6) is 0.299. The maximum absolute atomic E-state index is 6.39. The first-order valence-electron chi connectivity index (χ1n) is 12.0. The molecular weight excluding hydrogens is 405 g/mol. The quantitative estimate of drug-likeness (QED) is 0.351. The average Bonchev–Trinajstić information content (AvgIpc) is 3.01. The summed E-state index contributed by atoms with van der Waals surface area (Å²) in [6.45, 7) is 11.2. The Balaban J connectivity index is 1.57. The van der Waals surface area contributed by atoms with Crippen molar-refractivity contribution in [1.82, 2.24) is 4.90 Å². The van der Waals surface area contributed by atoms with Crippen LogP contribution >= 0.6 is 0 Å². The molecule has 0 bridgehead atoms. The van der Waals surface area contributed by atoms with E-state index in [1.54, 1.807) is 0 Å². The largest absolute Gasteiger partial charge is 0.458 e. The number of benzene rings is 3. The van der Waals surface area contributed by atoms with Crippen LogP contribution in [0, 0.1) is 0 Å². The van der Waals surface area contributed by atoms with Gasteiger partial charge in [0.05, 0.1) is 11.2 Å². The van der Waals surface area contributed by atoms with Gasteiger partial charge in [0.25, 0.3) is 0 Å². The van der Waals surface area contributed by atoms with Crippen molar-refractivity contribution in [2.75, 3.05) is 6.54 Å². The van der Waals surface area contributed by atoms with Crippen molar-refractivity contribution in [1.29, 1.82) is 0 Å². The van der Waals surface area contributed by atoms with Gasteiger partial charge in [-0.05, 0) is 56.6 Å². The molecule has 0 aromatic heterocycles. The van der Waals surface area contributed by atoms with Gasteiger partial charge >= 0.3 is 7.12 Å². The van der Waals surface area contributed by atoms with Crippen molar-refractivity contribution in [2.24, 2.45) is 0 Å². The molecule has 0 aliphatic carbocycles. The second-order valence-electron chi connectivity index (χ2n) is 10.2. The SMILES string of the molecule is CC1(C)OB(CC(CN(Cc2ccccc2)Cc2ccccc2)c2ccccc2)OC1(C)C. The molecule has 0 spiro atoms. The fourth-order valence-corrected chi connectivity index (χ4v) is 4.51. The van der Waals surface area contributed by atoms with E-state index >= 15 is 0 Å². The minimum Gasteiger partial charge on any atom is -0.403 e. The molecular formula is C29H36BNO2. The van der Waals surface area contributed by atoms with Crippen LogP contribution in [0.5, 0.6) is 0 Å². The molecule has 0 N–H and O–H groups in total. The van der Waals surface area contributed by atoms with Crippen LogP contribution in [0.2, 0.25) is 6.32 Å². The molecule has 1 aliphatic heterocycles. The van der Waals surface area contributed by atoms with E-state index in [4.69, 9.17) is 9.31 Å². The molecule has 1 atom stereocenters. The maximum Gasteiger partial charge on any atom is 0.458 e. The van der Waals surface area contributed by atoms with Crippen LogP contribution in [0.1, 0.15) is 50.3 Å². The van der Waals surface area contributed by atoms with Crippen molar-refractivity contribution in [3.8, 4) is 0 Å². The van der Waals surface area contributed by atoms with E-state index in [-0.39, 0.29) is 18.3 Å². The van der Waals surface area contributed by atoms with Gasteiger partial charge in [0, 0.05) is 19.6 Å². The van der Waals surface area contributed by atoms with E-state index in [0.717, 1.165) is 26.0 Å². The maximum atomic E-state index is 6.39. The van der Waals surface area contributed by atoms with Crippen LogP contribution in [0.4, 0.5) is 0 Å². The lowest BCUT2D eigenvalue weighted by atomic mass is 9.74. The lowest BCUT2D eigenvalue weighted by molar-refractivity contribution is 0.00578. The summed E-state index contributed by atoms with van der Waals surface area (Å²) >= 11 is 0. The zero-order chi connectivity index (χ0) is 23.3. The molecule has 3 aromatic carbocycles. The molecule has 0 amide bonds. The molecule has 0 radical (unpaired) electrons. The Morgan fingerprint density at radius 2 is 1.09 bits per heavy atom. The highest BCUT2D eigenvalue weighted by Gasteiger charge is 2.51. The molecule has 172 valence electrons. The first-order valence-corrected chi connectivity index (χ1v) is 12.0. The molecule has 1 heterocycles. The lowest BCUT2D eigenvalue weighted by Crippen LogP contribution is -2.41. The molecule has 3 nitrogen and oxygen atoms in total. The van der Waals surface area contributed by atoms with Crippen molar-refractivity contribution in [3.63, 3.8) is 0 Å². The number of nitrogens with zero attached hydrogens (tertiary/aromatic N) is 1. The Morgan fingerprint density at radius 1 is 0.667 bits per heavy atom. The third kappa shape index (κ3) is 6.14. The zero-order valence-electron chi connectivity index (χ0n) is 20.4. The third-order valence-electron chi connectivity index (χ3n) is 7.03. The third-order valence-corrected chi connectivity index (χ3v) is 7.03. The van der Waals surface area contributed by atoms with Gasteiger partial charge < -0.3 is 9.31 Å². The molecule has 0 saturated carbocycles. The Bertz CT molecular complexity index is 934. The predicted octanol–water partition coefficient (Wildman–Crippen LogP) is 6.56. The van der Waals surface area contributed by atoms with Gasteiger partial charge in [0.1, 0.15) is 0 Å². The molecule has 1 fully saturated rings. The Hall–Kier alpha value is -2.40. The van der Waals surface area contributed by atoms with Crippen LogP contribution in [0.3, 0.4) is 0 Å². The second-order valence-corrected chi connectivity index (χ2v) is 10.2. The first-order chi connectivity index (χ1) is 15.8. The number of hydrogen-bond acceptors (Lipinski definition) is 3. The van der Waals surface area contributed by atoms with Crippen molar-refractivity contribution in [2.45, 2.75) is 64.2 Å². The summed E-state index contributed by atoms with van der Waals surface area (Å²) in [6.07, 6.45) is 0.830. The minimum atomic E-state index is -0.313. The summed E-state index contributed by atoms with van der Waals surface area (Å²) in [5.41, 5.74) is 3.37. The number of hydrogen-bond donors (Lipinski definition) is 0. The van der Waals surface area contributed by atoms with Crippen LogP contribution < -0.4 is 0 Å². The smallest absolute Gasteiger partial charge is 0.403 e. The van der Waals surface area contributed by atoms with Gasteiger partial charge in [-0.1, -0.05) is 91.0 Å². The molecule has 33 heavy (non-hydrogen) atoms. The van der Waals surface area contributed by atoms with E-state index in [1.165, 1.54) is 16.7 Å². The van der Waals surface area contributed by atoms with E-state index < -0.39 is 0 Å². The fraction of sp³-hybridized carbons (Fsp3) is 0.379. The lowest BCUT2D eigenvalue weighted by Gasteiger charge is -2.32. The van der Waals surface area contributed by atoms with E-state index in [0.29, 0.717) is 5.92 Å². The highest BCUT2D eigenvalue weighted by atomic mass is 16.7. The van der Waals surface area contributed by atoms with E-state index in [9.17, 15) is 0 Å². The summed E-state index contributed by atoms with van der Waals surface area (Å²) < 4.78 is 12.8. The van der Waals surface area contributed by atoms with Crippen LogP contribution in [-0.2, 0) is 22.4 Å². The average molecular weight is 441 g/mol. The standard InChI is InChI=1S/C29H36BNO2/c1-28(2)29(3,4)33-30(32-28)20-27(26-18-12-7-13-19-26)23-31(21-24-14-8-5-9-15-24)22-25-16-10-6-11-17-25/h5-19,27H,20-23H2,1-4H3. The Morgan fingerprint density at radius 3 is 1.55 bits per heavy atom. The minimum absolute atomic E-state index is 0.212. The number of rotatable bonds is 9. The van der Waals surface area contributed by atoms with Gasteiger partial charge in [-0.2, -0.15) is 0 Å². The van der Waals surface area contributed by atoms with E-state index in [2.05, 4.69) is 124 Å². The Kier molecular flexibility index (Phi) is 7.38. The summed E-state index contributed by atoms with van der Waals surface area (Å²) in [5, 5.41) is 0. The molecule has 4 heteroatoms. The summed E-state index contributed by atoms with van der Waals surface area (Å²) in [6, 6.07) is 32.3. The topological polar surface area (TPSA) is 21.7 Å². The highest BCUT2D eigenvalue weighted by molar-refractivity contribution is 6.45. The monoisotopic (exact) mass is 441 g/mol. The van der Waals surface area contributed by atoms with Crippen molar-refractivity contribution in [3.05, 3.63) is 108 Å². The summed E-state index contributed by atoms with van der Waals surface area (Å²) in [7, 11) is -0.212. The molecule has 3 aromatic rings. The molecule has 1 unspecified atom stereocenters. The molecule has 1 saturated heterocycles. The van der Waals surface area contributed by atoms with Gasteiger partial charge in [0.2, 0.25) is 0 Å². The van der Waals surface area contributed by atoms with Crippen molar-refractivity contribution < 1.29 is 9.31 Å². The van der Waals surface area contributed by atoms with Crippen molar-refractivity contribution >= 4 is 7.12 Å².